The van der Waals surface area contributed by atoms with Gasteiger partial charge in [-0.1, -0.05) is 60.7 Å². The summed E-state index contributed by atoms with van der Waals surface area (Å²) in [5, 5.41) is 3.20. The van der Waals surface area contributed by atoms with Crippen LogP contribution in [0.15, 0.2) is 72.8 Å². The zero-order chi connectivity index (χ0) is 18.6. The predicted octanol–water partition coefficient (Wildman–Crippen LogP) is 5.62. The number of aryl methyl sites for hydroxylation is 1. The highest BCUT2D eigenvalue weighted by Gasteiger charge is 2.53. The van der Waals surface area contributed by atoms with Gasteiger partial charge < -0.3 is 5.32 Å². The Balaban J connectivity index is 1.61. The maximum absolute atomic E-state index is 13.5. The van der Waals surface area contributed by atoms with Crippen LogP contribution < -0.4 is 5.32 Å². The van der Waals surface area contributed by atoms with Crippen molar-refractivity contribution in [1.82, 2.24) is 0 Å². The molecule has 27 heavy (non-hydrogen) atoms. The third kappa shape index (κ3) is 2.36. The second kappa shape index (κ2) is 5.82. The van der Waals surface area contributed by atoms with Gasteiger partial charge in [0.25, 0.3) is 0 Å². The van der Waals surface area contributed by atoms with E-state index in [4.69, 9.17) is 0 Å². The zero-order valence-electron chi connectivity index (χ0n) is 15.7. The fraction of sp³-hybridized carbons (Fsp3) is 0.240. The molecular formula is C25H23NO. The minimum absolute atomic E-state index is 0.0970. The first-order valence-electron chi connectivity index (χ1n) is 9.64. The van der Waals surface area contributed by atoms with Crippen LogP contribution in [0.2, 0.25) is 0 Å². The number of fused-ring (bicyclic) bond motifs is 1. The van der Waals surface area contributed by atoms with Gasteiger partial charge in [-0.2, -0.15) is 0 Å². The number of hydrogen-bond donors (Lipinski definition) is 1. The molecule has 0 spiro atoms. The number of carbonyl (C=O) groups is 1. The van der Waals surface area contributed by atoms with Crippen LogP contribution in [-0.4, -0.2) is 5.91 Å². The summed E-state index contributed by atoms with van der Waals surface area (Å²) in [6.07, 6.45) is 0.851. The molecule has 0 heterocycles. The molecule has 0 saturated heterocycles. The predicted molar refractivity (Wildman–Crippen MR) is 109 cm³/mol. The summed E-state index contributed by atoms with van der Waals surface area (Å²) in [5.41, 5.74) is 6.98. The molecule has 0 aromatic heterocycles. The van der Waals surface area contributed by atoms with E-state index in [0.29, 0.717) is 0 Å². The summed E-state index contributed by atoms with van der Waals surface area (Å²) >= 11 is 0. The molecule has 3 aromatic carbocycles. The van der Waals surface area contributed by atoms with Crippen molar-refractivity contribution in [2.24, 2.45) is 5.41 Å². The van der Waals surface area contributed by atoms with Gasteiger partial charge in [-0.05, 0) is 60.2 Å². The van der Waals surface area contributed by atoms with E-state index < -0.39 is 5.41 Å². The van der Waals surface area contributed by atoms with Gasteiger partial charge >= 0.3 is 0 Å². The van der Waals surface area contributed by atoms with Crippen LogP contribution in [0.5, 0.6) is 0 Å². The quantitative estimate of drug-likeness (QED) is 0.636. The monoisotopic (exact) mass is 353 g/mol. The minimum atomic E-state index is -0.461. The van der Waals surface area contributed by atoms with E-state index in [1.165, 1.54) is 22.3 Å². The molecule has 3 aliphatic carbocycles. The van der Waals surface area contributed by atoms with Gasteiger partial charge in [0.2, 0.25) is 5.91 Å². The molecule has 1 N–H and O–H groups in total. The molecule has 3 aliphatic rings. The molecule has 0 unspecified atom stereocenters. The summed E-state index contributed by atoms with van der Waals surface area (Å²) < 4.78 is 0. The average Bonchev–Trinajstić information content (AvgIpc) is 2.68. The van der Waals surface area contributed by atoms with Gasteiger partial charge in [0.1, 0.15) is 0 Å². The number of carbonyl (C=O) groups excluding carboxylic acids is 1. The molecule has 0 saturated carbocycles. The van der Waals surface area contributed by atoms with E-state index in [-0.39, 0.29) is 17.7 Å². The van der Waals surface area contributed by atoms with Gasteiger partial charge in [-0.3, -0.25) is 4.79 Å². The summed E-state index contributed by atoms with van der Waals surface area (Å²) in [7, 11) is 0. The van der Waals surface area contributed by atoms with E-state index in [1.807, 2.05) is 31.2 Å². The second-order valence-electron chi connectivity index (χ2n) is 8.19. The first kappa shape index (κ1) is 16.3. The Labute approximate surface area is 160 Å². The normalized spacial score (nSPS) is 24.8. The van der Waals surface area contributed by atoms with Crippen molar-refractivity contribution in [1.29, 1.82) is 0 Å². The summed E-state index contributed by atoms with van der Waals surface area (Å²) in [5.74, 6) is 0.502. The van der Waals surface area contributed by atoms with Crippen LogP contribution in [0.25, 0.3) is 0 Å². The van der Waals surface area contributed by atoms with Crippen molar-refractivity contribution >= 4 is 11.6 Å². The standard InChI is InChI=1S/C25H23NO/c1-16-8-7-9-17(14-16)26-24(27)25(2)15-22-18-10-3-5-12-20(18)23(25)21-13-6-4-11-19(21)22/h3-14,22-23H,15H2,1-2H3,(H,26,27)/t22?,23?,25-/m0/s1. The van der Waals surface area contributed by atoms with Crippen molar-refractivity contribution in [2.75, 3.05) is 5.32 Å². The molecule has 0 radical (unpaired) electrons. The van der Waals surface area contributed by atoms with Gasteiger partial charge in [0.05, 0.1) is 5.41 Å². The van der Waals surface area contributed by atoms with Gasteiger partial charge in [-0.25, -0.2) is 0 Å². The Bertz CT molecular complexity index is 1010. The Morgan fingerprint density at radius 1 is 0.889 bits per heavy atom. The highest BCUT2D eigenvalue weighted by Crippen LogP contribution is 2.61. The van der Waals surface area contributed by atoms with Gasteiger partial charge in [-0.15, -0.1) is 0 Å². The molecular weight excluding hydrogens is 330 g/mol. The Hall–Kier alpha value is -2.87. The summed E-state index contributed by atoms with van der Waals surface area (Å²) in [6, 6.07) is 25.4. The van der Waals surface area contributed by atoms with Crippen LogP contribution in [0.4, 0.5) is 5.69 Å². The first-order chi connectivity index (χ1) is 13.1. The number of benzene rings is 3. The van der Waals surface area contributed by atoms with Crippen LogP contribution in [0.3, 0.4) is 0 Å². The van der Waals surface area contributed by atoms with Crippen molar-refractivity contribution in [3.8, 4) is 0 Å². The van der Waals surface area contributed by atoms with E-state index in [9.17, 15) is 4.79 Å². The average molecular weight is 353 g/mol. The molecule has 2 bridgehead atoms. The lowest BCUT2D eigenvalue weighted by Gasteiger charge is -2.50. The summed E-state index contributed by atoms with van der Waals surface area (Å²) in [4.78, 5) is 13.5. The lowest BCUT2D eigenvalue weighted by atomic mass is 9.52. The minimum Gasteiger partial charge on any atom is -0.326 e. The zero-order valence-corrected chi connectivity index (χ0v) is 15.7. The Morgan fingerprint density at radius 2 is 1.48 bits per heavy atom. The lowest BCUT2D eigenvalue weighted by Crippen LogP contribution is -2.47. The molecule has 1 amide bonds. The fourth-order valence-electron chi connectivity index (χ4n) is 5.19. The number of anilines is 1. The highest BCUT2D eigenvalue weighted by atomic mass is 16.2. The first-order valence-corrected chi connectivity index (χ1v) is 9.64. The Kier molecular flexibility index (Phi) is 3.51. The number of rotatable bonds is 2. The van der Waals surface area contributed by atoms with E-state index in [2.05, 4.69) is 60.8 Å². The molecule has 1 atom stereocenters. The van der Waals surface area contributed by atoms with Crippen LogP contribution in [0.1, 0.15) is 53.0 Å². The third-order valence-electron chi connectivity index (χ3n) is 6.42. The van der Waals surface area contributed by atoms with Gasteiger partial charge in [0, 0.05) is 17.5 Å². The maximum atomic E-state index is 13.5. The summed E-state index contributed by atoms with van der Waals surface area (Å²) in [6.45, 7) is 4.19. The van der Waals surface area contributed by atoms with Crippen molar-refractivity contribution < 1.29 is 4.79 Å². The molecule has 6 rings (SSSR count). The molecule has 0 fully saturated rings. The lowest BCUT2D eigenvalue weighted by molar-refractivity contribution is -0.126. The second-order valence-corrected chi connectivity index (χ2v) is 8.19. The van der Waals surface area contributed by atoms with E-state index in [0.717, 1.165) is 17.7 Å². The van der Waals surface area contributed by atoms with Crippen molar-refractivity contribution in [3.63, 3.8) is 0 Å². The molecule has 2 nitrogen and oxygen atoms in total. The van der Waals surface area contributed by atoms with Gasteiger partial charge in [0.15, 0.2) is 0 Å². The highest BCUT2D eigenvalue weighted by molar-refractivity contribution is 5.97. The van der Waals surface area contributed by atoms with Crippen LogP contribution in [0, 0.1) is 12.3 Å². The molecule has 3 aromatic rings. The smallest absolute Gasteiger partial charge is 0.231 e. The SMILES string of the molecule is Cc1cccc(NC(=O)[C@@]2(C)CC3c4ccccc4C2c2ccccc23)c1. The maximum Gasteiger partial charge on any atom is 0.231 e. The van der Waals surface area contributed by atoms with E-state index >= 15 is 0 Å². The van der Waals surface area contributed by atoms with E-state index in [1.54, 1.807) is 0 Å². The molecule has 134 valence electrons. The van der Waals surface area contributed by atoms with Crippen LogP contribution in [-0.2, 0) is 4.79 Å². The van der Waals surface area contributed by atoms with Crippen molar-refractivity contribution in [2.45, 2.75) is 32.1 Å². The third-order valence-corrected chi connectivity index (χ3v) is 6.42. The molecule has 0 aliphatic heterocycles. The Morgan fingerprint density at radius 3 is 2.07 bits per heavy atom. The molecule has 2 heteroatoms. The number of nitrogens with one attached hydrogen (secondary N) is 1. The fourth-order valence-corrected chi connectivity index (χ4v) is 5.19. The number of hydrogen-bond acceptors (Lipinski definition) is 1. The van der Waals surface area contributed by atoms with Crippen molar-refractivity contribution in [3.05, 3.63) is 101 Å². The largest absolute Gasteiger partial charge is 0.326 e. The van der Waals surface area contributed by atoms with Crippen LogP contribution >= 0.6 is 0 Å². The number of amides is 1. The topological polar surface area (TPSA) is 29.1 Å².